The van der Waals surface area contributed by atoms with E-state index in [1.54, 1.807) is 4.68 Å². The lowest BCUT2D eigenvalue weighted by Crippen LogP contribution is -2.09. The highest BCUT2D eigenvalue weighted by Crippen LogP contribution is 2.25. The van der Waals surface area contributed by atoms with Gasteiger partial charge in [-0.15, -0.1) is 0 Å². The third-order valence-corrected chi connectivity index (χ3v) is 5.03. The van der Waals surface area contributed by atoms with Gasteiger partial charge in [0.25, 0.3) is 5.56 Å². The molecule has 2 aromatic carbocycles. The second-order valence-electron chi connectivity index (χ2n) is 5.38. The van der Waals surface area contributed by atoms with Gasteiger partial charge < -0.3 is 4.98 Å². The summed E-state index contributed by atoms with van der Waals surface area (Å²) in [6.07, 6.45) is 1.54. The Kier molecular flexibility index (Phi) is 4.29. The molecule has 0 radical (unpaired) electrons. The number of fused-ring (bicyclic) bond motifs is 1. The Bertz CT molecular complexity index is 1090. The van der Waals surface area contributed by atoms with E-state index < -0.39 is 0 Å². The smallest absolute Gasteiger partial charge is 0.262 e. The van der Waals surface area contributed by atoms with Crippen molar-refractivity contribution < 1.29 is 0 Å². The Hall–Kier alpha value is -2.57. The van der Waals surface area contributed by atoms with Gasteiger partial charge in [0.05, 0.1) is 11.9 Å². The molecule has 0 fully saturated rings. The second kappa shape index (κ2) is 6.74. The molecule has 4 aromatic rings. The summed E-state index contributed by atoms with van der Waals surface area (Å²) in [7, 11) is 0. The highest BCUT2D eigenvalue weighted by atomic mass is 35.5. The number of nitrogens with zero attached hydrogens (tertiary/aromatic N) is 3. The van der Waals surface area contributed by atoms with Crippen LogP contribution >= 0.6 is 23.4 Å². The summed E-state index contributed by atoms with van der Waals surface area (Å²) in [4.78, 5) is 19.7. The third kappa shape index (κ3) is 3.18. The van der Waals surface area contributed by atoms with Gasteiger partial charge >= 0.3 is 0 Å². The number of rotatable bonds is 4. The number of aromatic amines is 1. The molecule has 2 aromatic heterocycles. The van der Waals surface area contributed by atoms with Crippen LogP contribution in [-0.4, -0.2) is 19.7 Å². The Balaban J connectivity index is 1.71. The summed E-state index contributed by atoms with van der Waals surface area (Å²) in [6, 6.07) is 17.2. The number of hydrogen-bond donors (Lipinski definition) is 1. The largest absolute Gasteiger partial charge is 0.301 e. The zero-order valence-electron chi connectivity index (χ0n) is 13.0. The molecule has 0 unspecified atom stereocenters. The van der Waals surface area contributed by atoms with Crippen LogP contribution in [0.5, 0.6) is 0 Å². The molecule has 0 spiro atoms. The number of benzene rings is 2. The minimum absolute atomic E-state index is 0.200. The van der Waals surface area contributed by atoms with E-state index in [9.17, 15) is 4.79 Å². The molecule has 4 rings (SSSR count). The lowest BCUT2D eigenvalue weighted by molar-refractivity contribution is 0.873. The number of aromatic nitrogens is 4. The van der Waals surface area contributed by atoms with Crippen LogP contribution in [0.15, 0.2) is 70.7 Å². The molecule has 0 atom stereocenters. The first-order valence-electron chi connectivity index (χ1n) is 7.62. The number of hydrogen-bond acceptors (Lipinski definition) is 4. The van der Waals surface area contributed by atoms with E-state index in [4.69, 9.17) is 11.6 Å². The highest BCUT2D eigenvalue weighted by Gasteiger charge is 2.12. The predicted octanol–water partition coefficient (Wildman–Crippen LogP) is 4.05. The lowest BCUT2D eigenvalue weighted by Gasteiger charge is -2.05. The van der Waals surface area contributed by atoms with E-state index >= 15 is 0 Å². The van der Waals surface area contributed by atoms with Crippen molar-refractivity contribution in [3.63, 3.8) is 0 Å². The number of thioether (sulfide) groups is 1. The molecule has 0 saturated carbocycles. The standard InChI is InChI=1S/C18H13ClN4OS/c19-15-9-5-4-6-12(15)11-25-18-21-16-14(17(24)22-18)10-20-23(16)13-7-2-1-3-8-13/h1-10H,11H2,(H,21,22,24). The molecule has 2 heterocycles. The van der Waals surface area contributed by atoms with Gasteiger partial charge in [-0.25, -0.2) is 9.67 Å². The summed E-state index contributed by atoms with van der Waals surface area (Å²) in [5.74, 6) is 0.619. The monoisotopic (exact) mass is 368 g/mol. The van der Waals surface area contributed by atoms with E-state index in [2.05, 4.69) is 15.1 Å². The van der Waals surface area contributed by atoms with Gasteiger partial charge in [-0.3, -0.25) is 4.79 Å². The molecule has 5 nitrogen and oxygen atoms in total. The van der Waals surface area contributed by atoms with Crippen molar-refractivity contribution in [3.8, 4) is 5.69 Å². The van der Waals surface area contributed by atoms with E-state index in [0.29, 0.717) is 27.0 Å². The van der Waals surface area contributed by atoms with Gasteiger partial charge in [0.2, 0.25) is 0 Å². The van der Waals surface area contributed by atoms with Gasteiger partial charge in [0.1, 0.15) is 5.39 Å². The van der Waals surface area contributed by atoms with E-state index in [1.807, 2.05) is 54.6 Å². The molecule has 0 aliphatic carbocycles. The Morgan fingerprint density at radius 1 is 1.08 bits per heavy atom. The van der Waals surface area contributed by atoms with Gasteiger partial charge in [-0.1, -0.05) is 59.8 Å². The molecule has 25 heavy (non-hydrogen) atoms. The van der Waals surface area contributed by atoms with Crippen LogP contribution in [0, 0.1) is 0 Å². The molecule has 1 N–H and O–H groups in total. The number of H-pyrrole nitrogens is 1. The molecular formula is C18H13ClN4OS. The number of halogens is 1. The molecule has 7 heteroatoms. The van der Waals surface area contributed by atoms with Crippen LogP contribution in [0.1, 0.15) is 5.56 Å². The molecule has 0 bridgehead atoms. The van der Waals surface area contributed by atoms with Crippen LogP contribution in [0.3, 0.4) is 0 Å². The molecular weight excluding hydrogens is 356 g/mol. The first-order chi connectivity index (χ1) is 12.2. The molecule has 0 aliphatic rings. The minimum Gasteiger partial charge on any atom is -0.301 e. The Morgan fingerprint density at radius 2 is 1.84 bits per heavy atom. The summed E-state index contributed by atoms with van der Waals surface area (Å²) >= 11 is 7.62. The van der Waals surface area contributed by atoms with Crippen molar-refractivity contribution >= 4 is 34.4 Å². The van der Waals surface area contributed by atoms with Crippen molar-refractivity contribution in [3.05, 3.63) is 81.7 Å². The average molecular weight is 369 g/mol. The lowest BCUT2D eigenvalue weighted by atomic mass is 10.2. The van der Waals surface area contributed by atoms with Gasteiger partial charge in [0, 0.05) is 10.8 Å². The first kappa shape index (κ1) is 15.9. The van der Waals surface area contributed by atoms with Gasteiger partial charge in [0.15, 0.2) is 10.8 Å². The Morgan fingerprint density at radius 3 is 2.64 bits per heavy atom. The topological polar surface area (TPSA) is 63.6 Å². The van der Waals surface area contributed by atoms with Crippen LogP contribution in [0.4, 0.5) is 0 Å². The molecule has 0 aliphatic heterocycles. The van der Waals surface area contributed by atoms with Crippen molar-refractivity contribution in [1.29, 1.82) is 0 Å². The van der Waals surface area contributed by atoms with Crippen LogP contribution in [0.2, 0.25) is 5.02 Å². The van der Waals surface area contributed by atoms with Crippen LogP contribution in [0.25, 0.3) is 16.7 Å². The normalized spacial score (nSPS) is 11.1. The number of para-hydroxylation sites is 1. The SMILES string of the molecule is O=c1[nH]c(SCc2ccccc2Cl)nc2c1cnn2-c1ccccc1. The summed E-state index contributed by atoms with van der Waals surface area (Å²) < 4.78 is 1.67. The van der Waals surface area contributed by atoms with E-state index in [-0.39, 0.29) is 5.56 Å². The maximum atomic E-state index is 12.3. The molecule has 0 saturated heterocycles. The quantitative estimate of drug-likeness (QED) is 0.436. The fourth-order valence-corrected chi connectivity index (χ4v) is 3.63. The maximum absolute atomic E-state index is 12.3. The van der Waals surface area contributed by atoms with Crippen molar-refractivity contribution in [2.45, 2.75) is 10.9 Å². The molecule has 0 amide bonds. The van der Waals surface area contributed by atoms with Gasteiger partial charge in [-0.05, 0) is 23.8 Å². The van der Waals surface area contributed by atoms with Crippen LogP contribution in [-0.2, 0) is 5.75 Å². The van der Waals surface area contributed by atoms with Crippen LogP contribution < -0.4 is 5.56 Å². The van der Waals surface area contributed by atoms with E-state index in [0.717, 1.165) is 11.3 Å². The van der Waals surface area contributed by atoms with Crippen molar-refractivity contribution in [2.75, 3.05) is 0 Å². The molecule has 124 valence electrons. The third-order valence-electron chi connectivity index (χ3n) is 3.74. The fraction of sp³-hybridized carbons (Fsp3) is 0.0556. The highest BCUT2D eigenvalue weighted by molar-refractivity contribution is 7.98. The summed E-state index contributed by atoms with van der Waals surface area (Å²) in [5.41, 5.74) is 2.19. The average Bonchev–Trinajstić information content (AvgIpc) is 3.06. The first-order valence-corrected chi connectivity index (χ1v) is 8.98. The number of nitrogens with one attached hydrogen (secondary N) is 1. The summed E-state index contributed by atoms with van der Waals surface area (Å²) in [6.45, 7) is 0. The summed E-state index contributed by atoms with van der Waals surface area (Å²) in [5, 5.41) is 6.01. The van der Waals surface area contributed by atoms with Crippen molar-refractivity contribution in [1.82, 2.24) is 19.7 Å². The van der Waals surface area contributed by atoms with Crippen molar-refractivity contribution in [2.24, 2.45) is 0 Å². The zero-order valence-corrected chi connectivity index (χ0v) is 14.6. The predicted molar refractivity (Wildman–Crippen MR) is 100 cm³/mol. The second-order valence-corrected chi connectivity index (χ2v) is 6.75. The fourth-order valence-electron chi connectivity index (χ4n) is 2.49. The minimum atomic E-state index is -0.200. The van der Waals surface area contributed by atoms with Gasteiger partial charge in [-0.2, -0.15) is 5.10 Å². The maximum Gasteiger partial charge on any atom is 0.262 e. The Labute approximate surface area is 152 Å². The zero-order chi connectivity index (χ0) is 17.2. The van der Waals surface area contributed by atoms with E-state index in [1.165, 1.54) is 18.0 Å².